The van der Waals surface area contributed by atoms with Gasteiger partial charge in [0, 0.05) is 38.1 Å². The van der Waals surface area contributed by atoms with Crippen LogP contribution in [0.1, 0.15) is 70.7 Å². The molecule has 0 spiro atoms. The van der Waals surface area contributed by atoms with E-state index in [4.69, 9.17) is 4.98 Å². The summed E-state index contributed by atoms with van der Waals surface area (Å²) in [4.78, 5) is 44.2. The molecule has 0 saturated carbocycles. The molecule has 220 valence electrons. The van der Waals surface area contributed by atoms with Gasteiger partial charge in [0.25, 0.3) is 21.8 Å². The highest BCUT2D eigenvalue weighted by atomic mass is 32.2. The monoisotopic (exact) mass is 581 g/mol. The molecule has 5 heterocycles. The smallest absolute Gasteiger partial charge is 0.281 e. The molecule has 2 N–H and O–H groups in total. The second-order valence-electron chi connectivity index (χ2n) is 12.9. The van der Waals surface area contributed by atoms with Gasteiger partial charge in [-0.25, -0.2) is 14.7 Å². The van der Waals surface area contributed by atoms with Gasteiger partial charge >= 0.3 is 0 Å². The van der Waals surface area contributed by atoms with Crippen LogP contribution in [-0.4, -0.2) is 67.6 Å². The minimum atomic E-state index is -4.25. The van der Waals surface area contributed by atoms with E-state index in [1.165, 1.54) is 6.07 Å². The summed E-state index contributed by atoms with van der Waals surface area (Å²) in [5.74, 6) is 0.588. The summed E-state index contributed by atoms with van der Waals surface area (Å²) in [5, 5.41) is 2.95. The Balaban J connectivity index is 1.54. The molecule has 2 saturated heterocycles. The maximum atomic E-state index is 13.6. The van der Waals surface area contributed by atoms with E-state index in [0.717, 1.165) is 19.3 Å². The lowest BCUT2D eigenvalue weighted by atomic mass is 9.93. The highest BCUT2D eigenvalue weighted by Crippen LogP contribution is 2.40. The maximum absolute atomic E-state index is 13.6. The number of rotatable bonds is 2. The largest absolute Gasteiger partial charge is 0.370 e. The summed E-state index contributed by atoms with van der Waals surface area (Å²) in [6, 6.07) is 7.82. The zero-order chi connectivity index (χ0) is 29.6. The third-order valence-electron chi connectivity index (χ3n) is 7.73. The minimum Gasteiger partial charge on any atom is -0.370 e. The van der Waals surface area contributed by atoms with Gasteiger partial charge in [-0.3, -0.25) is 19.5 Å². The Morgan fingerprint density at radius 1 is 1.12 bits per heavy atom. The molecule has 0 aromatic carbocycles. The van der Waals surface area contributed by atoms with Gasteiger partial charge in [-0.2, -0.15) is 8.42 Å². The van der Waals surface area contributed by atoms with Crippen LogP contribution in [0.4, 0.5) is 17.5 Å². The van der Waals surface area contributed by atoms with Crippen molar-refractivity contribution in [2.75, 3.05) is 41.3 Å². The Morgan fingerprint density at radius 3 is 2.66 bits per heavy atom. The Morgan fingerprint density at radius 2 is 1.90 bits per heavy atom. The van der Waals surface area contributed by atoms with Crippen molar-refractivity contribution in [3.05, 3.63) is 35.9 Å². The average molecular weight is 582 g/mol. The van der Waals surface area contributed by atoms with Crippen LogP contribution in [0.2, 0.25) is 0 Å². The molecule has 11 nitrogen and oxygen atoms in total. The summed E-state index contributed by atoms with van der Waals surface area (Å²) in [7, 11) is -4.25. The number of hydrogen-bond donors (Lipinski definition) is 2. The van der Waals surface area contributed by atoms with Gasteiger partial charge in [-0.1, -0.05) is 26.8 Å². The number of carbonyl (C=O) groups is 2. The van der Waals surface area contributed by atoms with Crippen LogP contribution < -0.4 is 19.8 Å². The van der Waals surface area contributed by atoms with Crippen LogP contribution in [0.3, 0.4) is 0 Å². The first kappa shape index (κ1) is 29.0. The number of nitrogens with zero attached hydrogens (tertiary/aromatic N) is 5. The highest BCUT2D eigenvalue weighted by Gasteiger charge is 2.41. The van der Waals surface area contributed by atoms with Crippen molar-refractivity contribution in [2.45, 2.75) is 70.9 Å². The molecule has 3 aliphatic heterocycles. The van der Waals surface area contributed by atoms with E-state index in [0.29, 0.717) is 61.7 Å². The summed E-state index contributed by atoms with van der Waals surface area (Å²) in [6.45, 7) is 12.7. The number of nitrogens with one attached hydrogen (secondary N) is 2. The maximum Gasteiger partial charge on any atom is 0.281 e. The molecule has 0 unspecified atom stereocenters. The molecule has 4 bridgehead atoms. The Bertz CT molecular complexity index is 1500. The Hall–Kier alpha value is -3.54. The van der Waals surface area contributed by atoms with E-state index in [1.54, 1.807) is 29.2 Å². The Kier molecular flexibility index (Phi) is 7.56. The van der Waals surface area contributed by atoms with Crippen molar-refractivity contribution >= 4 is 45.0 Å². The predicted molar refractivity (Wildman–Crippen MR) is 159 cm³/mol. The van der Waals surface area contributed by atoms with Crippen molar-refractivity contribution in [3.63, 3.8) is 0 Å². The molecule has 2 aromatic heterocycles. The van der Waals surface area contributed by atoms with Crippen LogP contribution in [0.5, 0.6) is 0 Å². The Labute approximate surface area is 241 Å². The number of amides is 2. The van der Waals surface area contributed by atoms with E-state index in [1.807, 2.05) is 0 Å². The normalized spacial score (nSPS) is 23.4. The third-order valence-corrected chi connectivity index (χ3v) is 8.96. The van der Waals surface area contributed by atoms with Crippen LogP contribution in [0.15, 0.2) is 40.4 Å². The van der Waals surface area contributed by atoms with Gasteiger partial charge < -0.3 is 10.2 Å². The first-order valence-corrected chi connectivity index (χ1v) is 15.6. The fourth-order valence-electron chi connectivity index (χ4n) is 5.70. The first-order valence-electron chi connectivity index (χ1n) is 14.2. The lowest BCUT2D eigenvalue weighted by Gasteiger charge is -2.34. The van der Waals surface area contributed by atoms with Crippen molar-refractivity contribution in [2.24, 2.45) is 16.3 Å². The molecule has 3 aliphatic rings. The number of fused-ring (bicyclic) bond motifs is 6. The molecule has 5 rings (SSSR count). The van der Waals surface area contributed by atoms with Crippen molar-refractivity contribution in [3.8, 4) is 0 Å². The number of sulfonamides is 1. The molecule has 41 heavy (non-hydrogen) atoms. The van der Waals surface area contributed by atoms with Crippen LogP contribution in [-0.2, 0) is 14.8 Å². The van der Waals surface area contributed by atoms with Crippen LogP contribution >= 0.6 is 0 Å². The van der Waals surface area contributed by atoms with Crippen molar-refractivity contribution in [1.82, 2.24) is 14.7 Å². The molecular formula is C29H39N7O4S. The molecule has 2 fully saturated rings. The van der Waals surface area contributed by atoms with Gasteiger partial charge in [0.2, 0.25) is 0 Å². The summed E-state index contributed by atoms with van der Waals surface area (Å²) < 4.78 is 28.5. The lowest BCUT2D eigenvalue weighted by Crippen LogP contribution is -2.41. The SMILES string of the molecule is CC(C)(C)CN=C1CCN(c2ccc3c(n2)N2C[C@@H](CCCNc4cccc(n4)S(=O)(=O)NC3=O)CC2(C)C)C1=O. The lowest BCUT2D eigenvalue weighted by molar-refractivity contribution is -0.112. The zero-order valence-electron chi connectivity index (χ0n) is 24.4. The van der Waals surface area contributed by atoms with E-state index in [9.17, 15) is 18.0 Å². The van der Waals surface area contributed by atoms with Crippen LogP contribution in [0, 0.1) is 11.3 Å². The summed E-state index contributed by atoms with van der Waals surface area (Å²) in [5.41, 5.74) is 0.274. The minimum absolute atomic E-state index is 0.0360. The number of anilines is 3. The van der Waals surface area contributed by atoms with Crippen molar-refractivity contribution < 1.29 is 18.0 Å². The quantitative estimate of drug-likeness (QED) is 0.549. The fourth-order valence-corrected chi connectivity index (χ4v) is 6.64. The van der Waals surface area contributed by atoms with Gasteiger partial charge in [-0.05, 0) is 68.7 Å². The van der Waals surface area contributed by atoms with E-state index in [-0.39, 0.29) is 27.5 Å². The standard InChI is InChI=1S/C29H39N7O4S/c1-28(2,3)18-31-21-13-15-35(27(21)38)23-12-11-20-25(33-23)36-17-19(16-29(36,4)5)8-7-14-30-22-9-6-10-24(32-22)41(39,40)34-26(20)37/h6,9-12,19H,7-8,13-18H2,1-5H3,(H,30,32)(H,34,37)/t19-/m0/s1. The second-order valence-corrected chi connectivity index (χ2v) is 14.6. The number of hydrogen-bond acceptors (Lipinski definition) is 9. The number of pyridine rings is 2. The van der Waals surface area contributed by atoms with Gasteiger partial charge in [0.1, 0.15) is 23.2 Å². The summed E-state index contributed by atoms with van der Waals surface area (Å²) in [6.07, 6.45) is 3.23. The van der Waals surface area contributed by atoms with E-state index >= 15 is 0 Å². The zero-order valence-corrected chi connectivity index (χ0v) is 25.2. The first-order chi connectivity index (χ1) is 19.2. The predicted octanol–water partition coefficient (Wildman–Crippen LogP) is 3.63. The van der Waals surface area contributed by atoms with Gasteiger partial charge in [-0.15, -0.1) is 0 Å². The molecule has 2 amide bonds. The molecule has 0 aliphatic carbocycles. The van der Waals surface area contributed by atoms with Gasteiger partial charge in [0.15, 0.2) is 5.03 Å². The second kappa shape index (κ2) is 10.7. The van der Waals surface area contributed by atoms with Crippen LogP contribution in [0.25, 0.3) is 0 Å². The molecule has 0 radical (unpaired) electrons. The van der Waals surface area contributed by atoms with E-state index in [2.05, 4.69) is 59.5 Å². The molecular weight excluding hydrogens is 542 g/mol. The third kappa shape index (κ3) is 6.22. The number of aliphatic imine (C=N–C) groups is 1. The molecule has 2 aromatic rings. The van der Waals surface area contributed by atoms with Crippen molar-refractivity contribution in [1.29, 1.82) is 0 Å². The molecule has 1 atom stereocenters. The topological polar surface area (TPSA) is 137 Å². The molecule has 12 heteroatoms. The summed E-state index contributed by atoms with van der Waals surface area (Å²) >= 11 is 0. The number of aromatic nitrogens is 2. The highest BCUT2D eigenvalue weighted by molar-refractivity contribution is 7.90. The average Bonchev–Trinajstić information content (AvgIpc) is 3.41. The van der Waals surface area contributed by atoms with Gasteiger partial charge in [0.05, 0.1) is 5.56 Å². The van der Waals surface area contributed by atoms with E-state index < -0.39 is 15.9 Å². The number of carbonyl (C=O) groups excluding carboxylic acids is 2. The fraction of sp³-hybridized carbons (Fsp3) is 0.552.